The highest BCUT2D eigenvalue weighted by atomic mass is 28.4. The van der Waals surface area contributed by atoms with Gasteiger partial charge in [0.15, 0.2) is 8.32 Å². The Labute approximate surface area is 127 Å². The van der Waals surface area contributed by atoms with E-state index >= 15 is 0 Å². The molecule has 0 spiro atoms. The number of carbonyl (C=O) groups is 2. The minimum Gasteiger partial charge on any atom is -0.466 e. The number of carbonyl (C=O) groups excluding carboxylic acids is 2. The molecule has 2 rings (SSSR count). The molecule has 0 amide bonds. The first kappa shape index (κ1) is 16.2. The number of Topliss-reactive ketones (excluding diaryl/α,β-unsaturated/α-hetero) is 1. The monoisotopic (exact) mass is 308 g/mol. The van der Waals surface area contributed by atoms with Gasteiger partial charge in [0.05, 0.1) is 18.6 Å². The topological polar surface area (TPSA) is 52.6 Å². The molecule has 0 aromatic heterocycles. The third-order valence-corrected chi connectivity index (χ3v) is 5.25. The van der Waals surface area contributed by atoms with Gasteiger partial charge >= 0.3 is 5.97 Å². The zero-order valence-electron chi connectivity index (χ0n) is 13.5. The summed E-state index contributed by atoms with van der Waals surface area (Å²) in [5, 5.41) is 0. The van der Waals surface area contributed by atoms with Gasteiger partial charge in [0.25, 0.3) is 0 Å². The zero-order valence-corrected chi connectivity index (χ0v) is 14.5. The van der Waals surface area contributed by atoms with E-state index in [-0.39, 0.29) is 17.9 Å². The highest BCUT2D eigenvalue weighted by molar-refractivity contribution is 6.69. The number of methoxy groups -OCH3 is 1. The Morgan fingerprint density at radius 3 is 2.57 bits per heavy atom. The molecule has 0 aromatic rings. The molecular formula is C16H24O4Si. The zero-order chi connectivity index (χ0) is 15.8. The quantitative estimate of drug-likeness (QED) is 0.457. The molecule has 2 atom stereocenters. The van der Waals surface area contributed by atoms with Crippen LogP contribution < -0.4 is 0 Å². The minimum atomic E-state index is -1.80. The van der Waals surface area contributed by atoms with E-state index < -0.39 is 13.7 Å². The van der Waals surface area contributed by atoms with E-state index in [1.807, 2.05) is 19.1 Å². The Bertz CT molecular complexity index is 527. The molecule has 0 unspecified atom stereocenters. The van der Waals surface area contributed by atoms with Crippen molar-refractivity contribution in [3.05, 3.63) is 23.3 Å². The summed E-state index contributed by atoms with van der Waals surface area (Å²) >= 11 is 0. The van der Waals surface area contributed by atoms with Crippen LogP contribution in [-0.4, -0.2) is 33.3 Å². The largest absolute Gasteiger partial charge is 0.466 e. The van der Waals surface area contributed by atoms with Crippen LogP contribution in [0.4, 0.5) is 0 Å². The van der Waals surface area contributed by atoms with Gasteiger partial charge in [0, 0.05) is 12.0 Å². The second kappa shape index (κ2) is 5.53. The summed E-state index contributed by atoms with van der Waals surface area (Å²) in [6.45, 7) is 8.25. The molecule has 1 saturated carbocycles. The Kier molecular flexibility index (Phi) is 4.26. The van der Waals surface area contributed by atoms with Crippen LogP contribution in [-0.2, 0) is 18.8 Å². The van der Waals surface area contributed by atoms with Crippen LogP contribution in [0, 0.1) is 5.41 Å². The van der Waals surface area contributed by atoms with Crippen LogP contribution in [0.3, 0.4) is 0 Å². The van der Waals surface area contributed by atoms with Crippen molar-refractivity contribution in [2.45, 2.75) is 51.9 Å². The maximum atomic E-state index is 12.6. The van der Waals surface area contributed by atoms with Gasteiger partial charge in [-0.25, -0.2) is 4.79 Å². The molecule has 0 aromatic carbocycles. The third kappa shape index (κ3) is 2.90. The summed E-state index contributed by atoms with van der Waals surface area (Å²) in [4.78, 5) is 24.6. The van der Waals surface area contributed by atoms with Crippen molar-refractivity contribution in [1.82, 2.24) is 0 Å². The number of allylic oxidation sites excluding steroid dienone is 1. The lowest BCUT2D eigenvalue weighted by molar-refractivity contribution is -0.136. The summed E-state index contributed by atoms with van der Waals surface area (Å²) in [5.41, 5.74) is 0.813. The Morgan fingerprint density at radius 1 is 1.33 bits per heavy atom. The molecule has 21 heavy (non-hydrogen) atoms. The number of ether oxygens (including phenoxy) is 1. The van der Waals surface area contributed by atoms with Crippen LogP contribution in [0.1, 0.15) is 26.2 Å². The molecule has 2 aliphatic carbocycles. The van der Waals surface area contributed by atoms with Crippen molar-refractivity contribution in [1.29, 1.82) is 0 Å². The van der Waals surface area contributed by atoms with E-state index in [4.69, 9.17) is 9.16 Å². The maximum absolute atomic E-state index is 12.6. The lowest BCUT2D eigenvalue weighted by Crippen LogP contribution is -2.44. The highest BCUT2D eigenvalue weighted by Crippen LogP contribution is 2.48. The minimum absolute atomic E-state index is 0.161. The SMILES string of the molecule is COC(=O)C1=C2CCC(=O)[C@@]2(C)[C@@H](O[Si](C)(C)C)C=CC1. The predicted molar refractivity (Wildman–Crippen MR) is 83.4 cm³/mol. The van der Waals surface area contributed by atoms with Crippen LogP contribution >= 0.6 is 0 Å². The number of ketones is 1. The molecule has 0 saturated heterocycles. The number of rotatable bonds is 3. The molecule has 116 valence electrons. The van der Waals surface area contributed by atoms with Crippen molar-refractivity contribution in [3.63, 3.8) is 0 Å². The summed E-state index contributed by atoms with van der Waals surface area (Å²) in [6, 6.07) is 0. The van der Waals surface area contributed by atoms with Gasteiger partial charge in [0.1, 0.15) is 5.78 Å². The first-order valence-electron chi connectivity index (χ1n) is 7.38. The van der Waals surface area contributed by atoms with E-state index in [9.17, 15) is 9.59 Å². The number of esters is 1. The molecule has 0 N–H and O–H groups in total. The van der Waals surface area contributed by atoms with Crippen LogP contribution in [0.2, 0.25) is 19.6 Å². The van der Waals surface area contributed by atoms with Gasteiger partial charge in [-0.05, 0) is 45.0 Å². The summed E-state index contributed by atoms with van der Waals surface area (Å²) < 4.78 is 11.1. The smallest absolute Gasteiger partial charge is 0.334 e. The summed E-state index contributed by atoms with van der Waals surface area (Å²) in [5.74, 6) is -0.169. The fraction of sp³-hybridized carbons (Fsp3) is 0.625. The highest BCUT2D eigenvalue weighted by Gasteiger charge is 2.51. The van der Waals surface area contributed by atoms with Gasteiger partial charge in [-0.2, -0.15) is 0 Å². The standard InChI is InChI=1S/C16H24O4Si/c1-16-12(9-10-13(16)17)11(15(18)19-2)7-6-8-14(16)20-21(3,4)5/h6,8,14H,7,9-10H2,1-5H3/t14-,16-/m0/s1. The van der Waals surface area contributed by atoms with E-state index in [1.165, 1.54) is 7.11 Å². The van der Waals surface area contributed by atoms with Crippen molar-refractivity contribution < 1.29 is 18.8 Å². The van der Waals surface area contributed by atoms with E-state index in [0.717, 1.165) is 5.57 Å². The second-order valence-electron chi connectivity index (χ2n) is 6.86. The van der Waals surface area contributed by atoms with Gasteiger partial charge < -0.3 is 9.16 Å². The van der Waals surface area contributed by atoms with E-state index in [0.29, 0.717) is 24.8 Å². The molecule has 1 fully saturated rings. The van der Waals surface area contributed by atoms with Crippen LogP contribution in [0.5, 0.6) is 0 Å². The molecular weight excluding hydrogens is 284 g/mol. The first-order valence-corrected chi connectivity index (χ1v) is 10.8. The summed E-state index contributed by atoms with van der Waals surface area (Å²) in [7, 11) is -0.420. The Balaban J connectivity index is 2.52. The number of hydrogen-bond donors (Lipinski definition) is 0. The second-order valence-corrected chi connectivity index (χ2v) is 11.3. The molecule has 0 radical (unpaired) electrons. The summed E-state index contributed by atoms with van der Waals surface area (Å²) in [6.07, 6.45) is 5.23. The predicted octanol–water partition coefficient (Wildman–Crippen LogP) is 3.01. The van der Waals surface area contributed by atoms with Crippen molar-refractivity contribution in [3.8, 4) is 0 Å². The van der Waals surface area contributed by atoms with Crippen molar-refractivity contribution >= 4 is 20.1 Å². The van der Waals surface area contributed by atoms with Crippen LogP contribution in [0.25, 0.3) is 0 Å². The average Bonchev–Trinajstić information content (AvgIpc) is 2.61. The molecule has 0 bridgehead atoms. The van der Waals surface area contributed by atoms with E-state index in [2.05, 4.69) is 19.6 Å². The fourth-order valence-electron chi connectivity index (χ4n) is 3.21. The van der Waals surface area contributed by atoms with E-state index in [1.54, 1.807) is 0 Å². The van der Waals surface area contributed by atoms with Crippen molar-refractivity contribution in [2.75, 3.05) is 7.11 Å². The third-order valence-electron chi connectivity index (χ3n) is 4.29. The number of fused-ring (bicyclic) bond motifs is 1. The van der Waals surface area contributed by atoms with Crippen LogP contribution in [0.15, 0.2) is 23.3 Å². The molecule has 4 nitrogen and oxygen atoms in total. The van der Waals surface area contributed by atoms with Gasteiger partial charge in [-0.3, -0.25) is 4.79 Å². The normalized spacial score (nSPS) is 29.4. The van der Waals surface area contributed by atoms with Gasteiger partial charge in [-0.15, -0.1) is 0 Å². The Hall–Kier alpha value is -1.20. The Morgan fingerprint density at radius 2 is 2.00 bits per heavy atom. The lowest BCUT2D eigenvalue weighted by atomic mass is 9.77. The molecule has 5 heteroatoms. The van der Waals surface area contributed by atoms with Gasteiger partial charge in [-0.1, -0.05) is 12.2 Å². The molecule has 0 aliphatic heterocycles. The number of hydrogen-bond acceptors (Lipinski definition) is 4. The maximum Gasteiger partial charge on any atom is 0.334 e. The molecule has 2 aliphatic rings. The molecule has 0 heterocycles. The average molecular weight is 308 g/mol. The van der Waals surface area contributed by atoms with Gasteiger partial charge in [0.2, 0.25) is 0 Å². The fourth-order valence-corrected chi connectivity index (χ4v) is 4.29. The lowest BCUT2D eigenvalue weighted by Gasteiger charge is -2.36. The van der Waals surface area contributed by atoms with Crippen molar-refractivity contribution in [2.24, 2.45) is 5.41 Å². The first-order chi connectivity index (χ1) is 9.70.